The van der Waals surface area contributed by atoms with Crippen molar-refractivity contribution in [2.45, 2.75) is 26.4 Å². The number of amides is 1. The van der Waals surface area contributed by atoms with Crippen molar-refractivity contribution in [3.05, 3.63) is 64.8 Å². The minimum atomic E-state index is -0.143. The Morgan fingerprint density at radius 3 is 2.40 bits per heavy atom. The summed E-state index contributed by atoms with van der Waals surface area (Å²) in [5.41, 5.74) is 2.46. The third-order valence-electron chi connectivity index (χ3n) is 4.39. The van der Waals surface area contributed by atoms with Crippen LogP contribution in [-0.2, 0) is 24.3 Å². The van der Waals surface area contributed by atoms with Gasteiger partial charge in [0.15, 0.2) is 0 Å². The number of rotatable bonds is 6. The zero-order chi connectivity index (χ0) is 17.8. The standard InChI is InChI=1S/C19H22N4O2/c1-3-22-16-9-4-5-10-17(16)23(19(22)25)14-18(24)21(2)13-11-15-8-6-7-12-20-15/h4-10,12H,3,11,13-14H2,1-2H3. The first-order chi connectivity index (χ1) is 12.1. The van der Waals surface area contributed by atoms with E-state index in [1.807, 2.05) is 49.4 Å². The lowest BCUT2D eigenvalue weighted by atomic mass is 10.2. The van der Waals surface area contributed by atoms with E-state index in [1.54, 1.807) is 27.3 Å². The number of benzene rings is 1. The first kappa shape index (κ1) is 17.0. The number of nitrogens with zero attached hydrogens (tertiary/aromatic N) is 4. The first-order valence-corrected chi connectivity index (χ1v) is 8.43. The van der Waals surface area contributed by atoms with Crippen molar-refractivity contribution >= 4 is 16.9 Å². The number of carbonyl (C=O) groups is 1. The summed E-state index contributed by atoms with van der Waals surface area (Å²) >= 11 is 0. The lowest BCUT2D eigenvalue weighted by molar-refractivity contribution is -0.130. The summed E-state index contributed by atoms with van der Waals surface area (Å²) in [6.07, 6.45) is 2.44. The molecule has 0 atom stereocenters. The highest BCUT2D eigenvalue weighted by Gasteiger charge is 2.16. The summed E-state index contributed by atoms with van der Waals surface area (Å²) in [4.78, 5) is 31.1. The molecule has 3 rings (SSSR count). The van der Waals surface area contributed by atoms with Crippen molar-refractivity contribution in [3.63, 3.8) is 0 Å². The fourth-order valence-electron chi connectivity index (χ4n) is 2.94. The maximum absolute atomic E-state index is 12.6. The van der Waals surface area contributed by atoms with E-state index in [-0.39, 0.29) is 18.1 Å². The number of imidazole rings is 1. The lowest BCUT2D eigenvalue weighted by Crippen LogP contribution is -2.35. The van der Waals surface area contributed by atoms with Crippen LogP contribution in [0, 0.1) is 0 Å². The van der Waals surface area contributed by atoms with Crippen LogP contribution in [0.4, 0.5) is 0 Å². The number of carbonyl (C=O) groups excluding carboxylic acids is 1. The van der Waals surface area contributed by atoms with E-state index in [2.05, 4.69) is 4.98 Å². The van der Waals surface area contributed by atoms with Crippen molar-refractivity contribution in [2.75, 3.05) is 13.6 Å². The van der Waals surface area contributed by atoms with E-state index in [4.69, 9.17) is 0 Å². The molecule has 0 bridgehead atoms. The molecule has 2 aromatic heterocycles. The third kappa shape index (κ3) is 3.47. The second kappa shape index (κ2) is 7.34. The van der Waals surface area contributed by atoms with Gasteiger partial charge in [0.25, 0.3) is 0 Å². The van der Waals surface area contributed by atoms with Crippen LogP contribution in [0.1, 0.15) is 12.6 Å². The normalized spacial score (nSPS) is 11.0. The molecule has 1 amide bonds. The molecule has 3 aromatic rings. The van der Waals surface area contributed by atoms with Crippen LogP contribution in [-0.4, -0.2) is 38.5 Å². The second-order valence-corrected chi connectivity index (χ2v) is 5.99. The summed E-state index contributed by atoms with van der Waals surface area (Å²) in [7, 11) is 1.76. The van der Waals surface area contributed by atoms with Crippen molar-refractivity contribution in [3.8, 4) is 0 Å². The predicted molar refractivity (Wildman–Crippen MR) is 97.5 cm³/mol. The molecule has 2 heterocycles. The van der Waals surface area contributed by atoms with Crippen molar-refractivity contribution < 1.29 is 4.79 Å². The number of likely N-dealkylation sites (N-methyl/N-ethyl adjacent to an activating group) is 1. The maximum atomic E-state index is 12.6. The van der Waals surface area contributed by atoms with Crippen molar-refractivity contribution in [2.24, 2.45) is 0 Å². The van der Waals surface area contributed by atoms with Gasteiger partial charge in [-0.1, -0.05) is 18.2 Å². The topological polar surface area (TPSA) is 60.1 Å². The lowest BCUT2D eigenvalue weighted by Gasteiger charge is -2.17. The molecule has 130 valence electrons. The zero-order valence-corrected chi connectivity index (χ0v) is 14.6. The van der Waals surface area contributed by atoms with E-state index in [0.29, 0.717) is 19.5 Å². The van der Waals surface area contributed by atoms with Crippen LogP contribution < -0.4 is 5.69 Å². The number of hydrogen-bond acceptors (Lipinski definition) is 3. The van der Waals surface area contributed by atoms with Gasteiger partial charge >= 0.3 is 5.69 Å². The van der Waals surface area contributed by atoms with Gasteiger partial charge in [0, 0.05) is 38.4 Å². The molecule has 0 N–H and O–H groups in total. The van der Waals surface area contributed by atoms with Crippen LogP contribution in [0.15, 0.2) is 53.5 Å². The van der Waals surface area contributed by atoms with E-state index < -0.39 is 0 Å². The summed E-state index contributed by atoms with van der Waals surface area (Å²) in [6, 6.07) is 13.3. The molecule has 0 saturated heterocycles. The summed E-state index contributed by atoms with van der Waals surface area (Å²) in [6.45, 7) is 3.12. The largest absolute Gasteiger partial charge is 0.344 e. The number of para-hydroxylation sites is 2. The Kier molecular flexibility index (Phi) is 4.97. The summed E-state index contributed by atoms with van der Waals surface area (Å²) in [5, 5.41) is 0. The van der Waals surface area contributed by atoms with Gasteiger partial charge < -0.3 is 4.90 Å². The van der Waals surface area contributed by atoms with Crippen LogP contribution in [0.3, 0.4) is 0 Å². The van der Waals surface area contributed by atoms with E-state index in [1.165, 1.54) is 0 Å². The van der Waals surface area contributed by atoms with Gasteiger partial charge in [-0.3, -0.25) is 18.9 Å². The average Bonchev–Trinajstić information content (AvgIpc) is 2.91. The fraction of sp³-hybridized carbons (Fsp3) is 0.316. The van der Waals surface area contributed by atoms with Crippen LogP contribution in [0.5, 0.6) is 0 Å². The Morgan fingerprint density at radius 2 is 1.76 bits per heavy atom. The molecule has 0 fully saturated rings. The number of aryl methyl sites for hydroxylation is 1. The molecule has 0 aliphatic rings. The van der Waals surface area contributed by atoms with Gasteiger partial charge in [-0.15, -0.1) is 0 Å². The van der Waals surface area contributed by atoms with Crippen LogP contribution in [0.25, 0.3) is 11.0 Å². The Morgan fingerprint density at radius 1 is 1.08 bits per heavy atom. The molecule has 0 spiro atoms. The Bertz CT molecular complexity index is 927. The van der Waals surface area contributed by atoms with Crippen LogP contribution in [0.2, 0.25) is 0 Å². The number of aromatic nitrogens is 3. The average molecular weight is 338 g/mol. The number of pyridine rings is 1. The molecule has 6 nitrogen and oxygen atoms in total. The van der Waals surface area contributed by atoms with Gasteiger partial charge in [0.2, 0.25) is 5.91 Å². The Balaban J connectivity index is 1.76. The number of fused-ring (bicyclic) bond motifs is 1. The molecule has 0 aliphatic carbocycles. The monoisotopic (exact) mass is 338 g/mol. The van der Waals surface area contributed by atoms with Crippen molar-refractivity contribution in [1.82, 2.24) is 19.0 Å². The fourth-order valence-corrected chi connectivity index (χ4v) is 2.94. The highest BCUT2D eigenvalue weighted by atomic mass is 16.2. The summed E-state index contributed by atoms with van der Waals surface area (Å²) in [5.74, 6) is -0.0861. The smallest absolute Gasteiger partial charge is 0.329 e. The minimum Gasteiger partial charge on any atom is -0.344 e. The molecule has 1 aromatic carbocycles. The van der Waals surface area contributed by atoms with Gasteiger partial charge in [-0.05, 0) is 31.2 Å². The van der Waals surface area contributed by atoms with Crippen LogP contribution >= 0.6 is 0 Å². The molecule has 0 unspecified atom stereocenters. The molecule has 0 saturated carbocycles. The molecule has 0 aliphatic heterocycles. The molecule has 6 heteroatoms. The van der Waals surface area contributed by atoms with Crippen molar-refractivity contribution in [1.29, 1.82) is 0 Å². The van der Waals surface area contributed by atoms with Gasteiger partial charge in [0.1, 0.15) is 6.54 Å². The van der Waals surface area contributed by atoms with E-state index >= 15 is 0 Å². The quantitative estimate of drug-likeness (QED) is 0.690. The Labute approximate surface area is 146 Å². The first-order valence-electron chi connectivity index (χ1n) is 8.43. The second-order valence-electron chi connectivity index (χ2n) is 5.99. The number of hydrogen-bond donors (Lipinski definition) is 0. The Hall–Kier alpha value is -2.89. The predicted octanol–water partition coefficient (Wildman–Crippen LogP) is 1.92. The highest BCUT2D eigenvalue weighted by molar-refractivity contribution is 5.80. The molecule has 0 radical (unpaired) electrons. The minimum absolute atomic E-state index is 0.0467. The van der Waals surface area contributed by atoms with Gasteiger partial charge in [-0.2, -0.15) is 0 Å². The maximum Gasteiger partial charge on any atom is 0.329 e. The SMILES string of the molecule is CCn1c(=O)n(CC(=O)N(C)CCc2ccccn2)c2ccccc21. The molecular formula is C19H22N4O2. The van der Waals surface area contributed by atoms with Gasteiger partial charge in [0.05, 0.1) is 11.0 Å². The van der Waals surface area contributed by atoms with Gasteiger partial charge in [-0.25, -0.2) is 4.79 Å². The van der Waals surface area contributed by atoms with E-state index in [0.717, 1.165) is 16.7 Å². The van der Waals surface area contributed by atoms with E-state index in [9.17, 15) is 9.59 Å². The summed E-state index contributed by atoms with van der Waals surface area (Å²) < 4.78 is 3.24. The zero-order valence-electron chi connectivity index (χ0n) is 14.6. The third-order valence-corrected chi connectivity index (χ3v) is 4.39. The molecular weight excluding hydrogens is 316 g/mol. The highest BCUT2D eigenvalue weighted by Crippen LogP contribution is 2.12. The molecule has 25 heavy (non-hydrogen) atoms.